The summed E-state index contributed by atoms with van der Waals surface area (Å²) in [6.45, 7) is 9.19. The van der Waals surface area contributed by atoms with Gasteiger partial charge < -0.3 is 39.9 Å². The lowest BCUT2D eigenvalue weighted by molar-refractivity contribution is -0.136. The molecule has 68 heavy (non-hydrogen) atoms. The highest BCUT2D eigenvalue weighted by Crippen LogP contribution is 2.38. The van der Waals surface area contributed by atoms with E-state index in [-0.39, 0.29) is 35.7 Å². The van der Waals surface area contributed by atoms with E-state index in [1.807, 2.05) is 37.5 Å². The second-order valence-electron chi connectivity index (χ2n) is 19.1. The first-order valence-electron chi connectivity index (χ1n) is 24.5. The van der Waals surface area contributed by atoms with Crippen molar-refractivity contribution in [2.75, 3.05) is 27.3 Å². The van der Waals surface area contributed by atoms with Crippen molar-refractivity contribution in [3.8, 4) is 22.3 Å². The predicted octanol–water partition coefficient (Wildman–Crippen LogP) is 9.53. The number of methoxy groups -OCH3 is 2. The van der Waals surface area contributed by atoms with E-state index in [9.17, 15) is 19.2 Å². The first kappa shape index (κ1) is 46.4. The third kappa shape index (κ3) is 9.29. The quantitative estimate of drug-likeness (QED) is 0.0939. The Bertz CT molecular complexity index is 2660. The van der Waals surface area contributed by atoms with Crippen molar-refractivity contribution >= 4 is 46.1 Å². The number of benzene rings is 4. The van der Waals surface area contributed by atoms with Gasteiger partial charge in [0.15, 0.2) is 0 Å². The Morgan fingerprint density at radius 1 is 0.618 bits per heavy atom. The first-order chi connectivity index (χ1) is 33.0. The minimum Gasteiger partial charge on any atom is -0.453 e. The topological polar surface area (TPSA) is 175 Å². The molecule has 0 saturated carbocycles. The number of carbonyl (C=O) groups is 4. The molecule has 2 saturated heterocycles. The van der Waals surface area contributed by atoms with E-state index in [0.717, 1.165) is 109 Å². The molecule has 4 aliphatic carbocycles. The number of nitrogens with zero attached hydrogens (tertiary/aromatic N) is 4. The summed E-state index contributed by atoms with van der Waals surface area (Å²) in [4.78, 5) is 73.4. The van der Waals surface area contributed by atoms with E-state index in [4.69, 9.17) is 19.4 Å². The predicted molar refractivity (Wildman–Crippen MR) is 263 cm³/mol. The lowest BCUT2D eigenvalue weighted by atomic mass is 9.87. The highest BCUT2D eigenvalue weighted by atomic mass is 16.5. The second-order valence-corrected chi connectivity index (χ2v) is 19.1. The van der Waals surface area contributed by atoms with E-state index in [1.165, 1.54) is 47.6 Å². The Hall–Kier alpha value is -6.70. The van der Waals surface area contributed by atoms with E-state index in [1.54, 1.807) is 0 Å². The lowest BCUT2D eigenvalue weighted by Gasteiger charge is -2.30. The van der Waals surface area contributed by atoms with Gasteiger partial charge in [0, 0.05) is 13.1 Å². The Labute approximate surface area is 398 Å². The molecule has 6 atom stereocenters. The van der Waals surface area contributed by atoms with Gasteiger partial charge in [0.1, 0.15) is 23.7 Å². The van der Waals surface area contributed by atoms with Gasteiger partial charge in [0.05, 0.1) is 48.4 Å². The number of rotatable bonds is 12. The van der Waals surface area contributed by atoms with E-state index < -0.39 is 24.3 Å². The molecule has 2 aliphatic heterocycles. The highest BCUT2D eigenvalue weighted by molar-refractivity contribution is 5.89. The molecule has 2 aromatic heterocycles. The minimum atomic E-state index is -0.678. The number of hydrogen-bond acceptors (Lipinski definition) is 8. The zero-order valence-corrected chi connectivity index (χ0v) is 40.1. The molecule has 0 spiro atoms. The van der Waals surface area contributed by atoms with Gasteiger partial charge in [-0.3, -0.25) is 9.59 Å². The van der Waals surface area contributed by atoms with Crippen LogP contribution < -0.4 is 10.6 Å². The number of hydrogen-bond donors (Lipinski definition) is 4. The number of likely N-dealkylation sites (tertiary alicyclic amines) is 2. The van der Waals surface area contributed by atoms with Crippen molar-refractivity contribution in [1.82, 2.24) is 40.4 Å². The molecule has 2 fully saturated rings. The maximum atomic E-state index is 14.0. The molecule has 14 heteroatoms. The molecule has 4 aromatic carbocycles. The van der Waals surface area contributed by atoms with Gasteiger partial charge >= 0.3 is 12.2 Å². The number of amides is 4. The van der Waals surface area contributed by atoms with Crippen molar-refractivity contribution < 1.29 is 28.7 Å². The summed E-state index contributed by atoms with van der Waals surface area (Å²) in [6.07, 6.45) is 7.01. The fraction of sp³-hybridized carbons (Fsp3) is 0.444. The number of nitrogens with one attached hydrogen (secondary N) is 4. The summed E-state index contributed by atoms with van der Waals surface area (Å²) in [6, 6.07) is 24.9. The Morgan fingerprint density at radius 3 is 1.44 bits per heavy atom. The maximum Gasteiger partial charge on any atom is 0.407 e. The third-order valence-corrected chi connectivity index (χ3v) is 14.9. The molecular formula is C54H64N8O6. The largest absolute Gasteiger partial charge is 0.453 e. The standard InChI is InChI=1S/C54H64N8O6/c1-7-31(3)47(59-53(65)67-5)51(63)61-25-9-11-45(61)49-55-41-23-21-37(29-43(41)57-49)39-27-33-13-17-35(39)19-15-34-14-18-36(20-16-33)40(28-34)38-22-24-42-44(30-38)58-50(56-42)46-12-10-26-62(46)52(64)48(32(4)8-2)60-54(66)68-6/h13-14,17-18,21-24,27-32,45-48H,7-12,15-16,19-20,25-26H2,1-6H3,(H,55,57)(H,56,58)(H,59,65)(H,60,66)/t31-,32-,45-,46-,47-,48-/m0/s1. The monoisotopic (exact) mass is 920 g/mol. The minimum absolute atomic E-state index is 0.0577. The van der Waals surface area contributed by atoms with Crippen LogP contribution in [0.5, 0.6) is 0 Å². The van der Waals surface area contributed by atoms with Crippen LogP contribution in [0, 0.1) is 11.8 Å². The number of aromatic nitrogens is 4. The molecule has 4 heterocycles. The molecule has 0 radical (unpaired) electrons. The Balaban J connectivity index is 0.939. The van der Waals surface area contributed by atoms with Crippen molar-refractivity contribution in [1.29, 1.82) is 0 Å². The number of imidazole rings is 2. The number of fused-ring (bicyclic) bond motifs is 2. The van der Waals surface area contributed by atoms with Gasteiger partial charge in [-0.2, -0.15) is 0 Å². The van der Waals surface area contributed by atoms with Crippen molar-refractivity contribution in [3.05, 3.63) is 107 Å². The summed E-state index contributed by atoms with van der Waals surface area (Å²) in [5.74, 6) is 1.20. The van der Waals surface area contributed by atoms with Gasteiger partial charge in [0.2, 0.25) is 11.8 Å². The molecular weight excluding hydrogens is 857 g/mol. The zero-order chi connectivity index (χ0) is 47.6. The number of carbonyl (C=O) groups excluding carboxylic acids is 4. The van der Waals surface area contributed by atoms with Gasteiger partial charge in [-0.1, -0.05) is 89.1 Å². The Kier molecular flexibility index (Phi) is 13.6. The van der Waals surface area contributed by atoms with Crippen LogP contribution in [-0.4, -0.2) is 93.1 Å². The molecule has 4 amide bonds. The van der Waals surface area contributed by atoms with Crippen molar-refractivity contribution in [2.24, 2.45) is 11.8 Å². The van der Waals surface area contributed by atoms with Crippen LogP contribution in [0.25, 0.3) is 44.3 Å². The number of aryl methyl sites for hydroxylation is 4. The zero-order valence-electron chi connectivity index (χ0n) is 40.1. The van der Waals surface area contributed by atoms with Crippen LogP contribution in [0.15, 0.2) is 72.8 Å². The molecule has 6 aliphatic rings. The van der Waals surface area contributed by atoms with Crippen molar-refractivity contribution in [2.45, 2.75) is 116 Å². The van der Waals surface area contributed by atoms with Crippen molar-refractivity contribution in [3.63, 3.8) is 0 Å². The van der Waals surface area contributed by atoms with E-state index in [2.05, 4.69) is 93.4 Å². The molecule has 0 unspecified atom stereocenters. The van der Waals surface area contributed by atoms with Gasteiger partial charge in [-0.25, -0.2) is 19.6 Å². The third-order valence-electron chi connectivity index (χ3n) is 14.9. The lowest BCUT2D eigenvalue weighted by Crippen LogP contribution is -2.51. The smallest absolute Gasteiger partial charge is 0.407 e. The maximum absolute atomic E-state index is 14.0. The molecule has 6 aromatic rings. The van der Waals surface area contributed by atoms with Gasteiger partial charge in [0.25, 0.3) is 0 Å². The van der Waals surface area contributed by atoms with Crippen LogP contribution in [0.4, 0.5) is 9.59 Å². The van der Waals surface area contributed by atoms with E-state index >= 15 is 0 Å². The second kappa shape index (κ2) is 19.9. The average molecular weight is 921 g/mol. The molecule has 12 rings (SSSR count). The van der Waals surface area contributed by atoms with Gasteiger partial charge in [-0.05, 0) is 132 Å². The molecule has 4 bridgehead atoms. The number of aromatic amines is 2. The summed E-state index contributed by atoms with van der Waals surface area (Å²) in [7, 11) is 2.63. The molecule has 356 valence electrons. The van der Waals surface area contributed by atoms with E-state index in [0.29, 0.717) is 13.1 Å². The summed E-state index contributed by atoms with van der Waals surface area (Å²) in [5.41, 5.74) is 13.3. The normalized spacial score (nSPS) is 18.8. The fourth-order valence-electron chi connectivity index (χ4n) is 10.5. The van der Waals surface area contributed by atoms with Crippen LogP contribution in [0.2, 0.25) is 0 Å². The van der Waals surface area contributed by atoms with Crippen LogP contribution in [-0.2, 0) is 44.7 Å². The van der Waals surface area contributed by atoms with Crippen LogP contribution in [0.3, 0.4) is 0 Å². The SMILES string of the molecule is CC[C@H](C)[C@H](NC(=O)OC)C(=O)N1CCC[C@H]1c1nc2cc(-c3cc4ccc3CCc3ccc(c(-c5ccc6[nH]c([C@@H]7CCCN7C(=O)[C@@H](NC(=O)OC)[C@@H](C)CC)nc6c5)c3)CC4)ccc2[nH]1. The highest BCUT2D eigenvalue weighted by Gasteiger charge is 2.40. The summed E-state index contributed by atoms with van der Waals surface area (Å²) >= 11 is 0. The van der Waals surface area contributed by atoms with Gasteiger partial charge in [-0.15, -0.1) is 0 Å². The Morgan fingerprint density at radius 2 is 1.04 bits per heavy atom. The summed E-state index contributed by atoms with van der Waals surface area (Å²) in [5, 5.41) is 5.58. The molecule has 14 nitrogen and oxygen atoms in total. The number of H-pyrrole nitrogens is 2. The fourth-order valence-corrected chi connectivity index (χ4v) is 10.5. The molecule has 4 N–H and O–H groups in total. The summed E-state index contributed by atoms with van der Waals surface area (Å²) < 4.78 is 9.73. The number of alkyl carbamates (subject to hydrolysis) is 2. The van der Waals surface area contributed by atoms with Crippen LogP contribution in [0.1, 0.15) is 112 Å². The average Bonchev–Trinajstić information content (AvgIpc) is 4.20. The first-order valence-corrected chi connectivity index (χ1v) is 24.5. The number of ether oxygens (including phenoxy) is 2. The van der Waals surface area contributed by atoms with Crippen LogP contribution >= 0.6 is 0 Å².